The molecule has 6 nitrogen and oxygen atoms in total. The zero-order chi connectivity index (χ0) is 24.6. The number of amides is 1. The lowest BCUT2D eigenvalue weighted by molar-refractivity contribution is -0.140. The first kappa shape index (κ1) is 24.8. The van der Waals surface area contributed by atoms with Gasteiger partial charge in [-0.1, -0.05) is 66.6 Å². The highest BCUT2D eigenvalue weighted by Crippen LogP contribution is 2.36. The van der Waals surface area contributed by atoms with Crippen LogP contribution >= 0.6 is 0 Å². The van der Waals surface area contributed by atoms with E-state index in [0.29, 0.717) is 6.54 Å². The van der Waals surface area contributed by atoms with Gasteiger partial charge in [-0.3, -0.25) is 9.59 Å². The molecule has 0 aliphatic heterocycles. The van der Waals surface area contributed by atoms with Crippen molar-refractivity contribution in [1.29, 1.82) is 0 Å². The Morgan fingerprint density at radius 2 is 1.68 bits per heavy atom. The molecule has 0 fully saturated rings. The molecule has 1 aliphatic rings. The first-order valence-corrected chi connectivity index (χ1v) is 11.3. The molecule has 34 heavy (non-hydrogen) atoms. The van der Waals surface area contributed by atoms with Gasteiger partial charge >= 0.3 is 0 Å². The minimum Gasteiger partial charge on any atom is -0.490 e. The van der Waals surface area contributed by atoms with Crippen LogP contribution in [0, 0.1) is 11.8 Å². The van der Waals surface area contributed by atoms with E-state index in [0.717, 1.165) is 11.1 Å². The van der Waals surface area contributed by atoms with Crippen molar-refractivity contribution in [3.8, 4) is 11.8 Å². The van der Waals surface area contributed by atoms with E-state index >= 15 is 0 Å². The molecule has 176 valence electrons. The minimum absolute atomic E-state index is 0.00295. The highest BCUT2D eigenvalue weighted by molar-refractivity contribution is 6.12. The number of aliphatic hydroxyl groups is 1. The molecule has 1 amide bonds. The molecule has 0 bridgehead atoms. The molecule has 0 spiro atoms. The van der Waals surface area contributed by atoms with Crippen molar-refractivity contribution in [1.82, 2.24) is 4.90 Å². The third-order valence-corrected chi connectivity index (χ3v) is 5.27. The summed E-state index contributed by atoms with van der Waals surface area (Å²) in [6.07, 6.45) is 3.24. The normalized spacial score (nSPS) is 18.1. The van der Waals surface area contributed by atoms with Crippen molar-refractivity contribution < 1.29 is 24.2 Å². The monoisotopic (exact) mass is 459 g/mol. The second-order valence-corrected chi connectivity index (χ2v) is 7.70. The molecule has 0 saturated carbocycles. The zero-order valence-electron chi connectivity index (χ0n) is 19.7. The Bertz CT molecular complexity index is 1130. The fourth-order valence-corrected chi connectivity index (χ4v) is 3.48. The summed E-state index contributed by atoms with van der Waals surface area (Å²) in [5.74, 6) is 4.67. The number of benzene rings is 2. The topological polar surface area (TPSA) is 76.1 Å². The maximum Gasteiger partial charge on any atom is 0.254 e. The summed E-state index contributed by atoms with van der Waals surface area (Å²) < 4.78 is 10.7. The third kappa shape index (κ3) is 5.56. The van der Waals surface area contributed by atoms with Gasteiger partial charge in [-0.2, -0.15) is 0 Å². The van der Waals surface area contributed by atoms with Crippen LogP contribution < -0.4 is 0 Å². The first-order chi connectivity index (χ1) is 16.4. The second-order valence-electron chi connectivity index (χ2n) is 7.70. The number of carbonyl (C=O) groups is 2. The number of nitrogens with zero attached hydrogens (tertiary/aromatic N) is 1. The lowest BCUT2D eigenvalue weighted by atomic mass is 9.83. The second kappa shape index (κ2) is 11.4. The average Bonchev–Trinajstić information content (AvgIpc) is 2.87. The SMILES string of the molecule is CCOC1=C(OCC)C(O)(C#CC(C)N(Cc2ccccc2)C(=O)/C=C/c2ccccc2)C1=O. The number of hydrogen-bond acceptors (Lipinski definition) is 5. The Kier molecular flexibility index (Phi) is 8.29. The molecule has 0 radical (unpaired) electrons. The van der Waals surface area contributed by atoms with Gasteiger partial charge in [0.2, 0.25) is 11.7 Å². The standard InChI is InChI=1S/C28H29NO5/c1-4-33-25-26(31)28(32,27(25)34-5-2)19-18-21(3)29(20-23-14-10-7-11-15-23)24(30)17-16-22-12-8-6-9-13-22/h6-17,21,32H,4-5,20H2,1-3H3/b17-16+. The van der Waals surface area contributed by atoms with Gasteiger partial charge in [0.15, 0.2) is 5.76 Å². The fourth-order valence-electron chi connectivity index (χ4n) is 3.48. The molecular formula is C28H29NO5. The molecule has 0 saturated heterocycles. The number of Topliss-reactive ketones (excluding diaryl/α,β-unsaturated/α-hetero) is 1. The first-order valence-electron chi connectivity index (χ1n) is 11.3. The number of carbonyl (C=O) groups excluding carboxylic acids is 2. The predicted molar refractivity (Wildman–Crippen MR) is 130 cm³/mol. The Balaban J connectivity index is 1.87. The molecule has 2 aromatic carbocycles. The summed E-state index contributed by atoms with van der Waals surface area (Å²) in [5.41, 5.74) is -0.237. The molecule has 3 rings (SSSR count). The molecule has 2 unspecified atom stereocenters. The quantitative estimate of drug-likeness (QED) is 0.457. The Hall–Kier alpha value is -3.82. The largest absolute Gasteiger partial charge is 0.490 e. The minimum atomic E-state index is -2.07. The Morgan fingerprint density at radius 3 is 2.29 bits per heavy atom. The number of ketones is 1. The van der Waals surface area contributed by atoms with Crippen LogP contribution in [0.2, 0.25) is 0 Å². The van der Waals surface area contributed by atoms with Crippen LogP contribution in [0.15, 0.2) is 78.3 Å². The van der Waals surface area contributed by atoms with E-state index < -0.39 is 17.4 Å². The van der Waals surface area contributed by atoms with E-state index in [1.807, 2.05) is 60.7 Å². The Morgan fingerprint density at radius 1 is 1.06 bits per heavy atom. The number of rotatable bonds is 9. The van der Waals surface area contributed by atoms with Gasteiger partial charge in [0.05, 0.1) is 19.3 Å². The summed E-state index contributed by atoms with van der Waals surface area (Å²) in [6, 6.07) is 18.5. The van der Waals surface area contributed by atoms with Crippen molar-refractivity contribution >= 4 is 17.8 Å². The lowest BCUT2D eigenvalue weighted by Crippen LogP contribution is -2.52. The van der Waals surface area contributed by atoms with Crippen molar-refractivity contribution in [2.45, 2.75) is 39.0 Å². The third-order valence-electron chi connectivity index (χ3n) is 5.27. The Labute approximate surface area is 200 Å². The summed E-state index contributed by atoms with van der Waals surface area (Å²) in [6.45, 7) is 6.08. The van der Waals surface area contributed by atoms with E-state index in [2.05, 4.69) is 11.8 Å². The molecule has 2 aromatic rings. The van der Waals surface area contributed by atoms with Gasteiger partial charge in [0, 0.05) is 12.6 Å². The van der Waals surface area contributed by atoms with E-state index in [-0.39, 0.29) is 30.6 Å². The van der Waals surface area contributed by atoms with E-state index in [4.69, 9.17) is 9.47 Å². The summed E-state index contributed by atoms with van der Waals surface area (Å²) >= 11 is 0. The van der Waals surface area contributed by atoms with Gasteiger partial charge in [0.25, 0.3) is 11.4 Å². The van der Waals surface area contributed by atoms with Gasteiger partial charge in [-0.05, 0) is 43.9 Å². The van der Waals surface area contributed by atoms with Crippen LogP contribution in [0.25, 0.3) is 6.08 Å². The zero-order valence-corrected chi connectivity index (χ0v) is 19.7. The predicted octanol–water partition coefficient (Wildman–Crippen LogP) is 3.72. The van der Waals surface area contributed by atoms with Crippen LogP contribution in [-0.2, 0) is 25.6 Å². The number of ether oxygens (including phenoxy) is 2. The number of hydrogen-bond donors (Lipinski definition) is 1. The van der Waals surface area contributed by atoms with Crippen molar-refractivity contribution in [2.75, 3.05) is 13.2 Å². The summed E-state index contributed by atoms with van der Waals surface area (Å²) in [5, 5.41) is 10.9. The molecule has 6 heteroatoms. The highest BCUT2D eigenvalue weighted by Gasteiger charge is 2.56. The molecular weight excluding hydrogens is 430 g/mol. The molecule has 1 aliphatic carbocycles. The van der Waals surface area contributed by atoms with Gasteiger partial charge < -0.3 is 19.5 Å². The smallest absolute Gasteiger partial charge is 0.254 e. The van der Waals surface area contributed by atoms with Crippen LogP contribution in [0.4, 0.5) is 0 Å². The van der Waals surface area contributed by atoms with Crippen LogP contribution in [0.3, 0.4) is 0 Å². The van der Waals surface area contributed by atoms with Crippen LogP contribution in [0.5, 0.6) is 0 Å². The van der Waals surface area contributed by atoms with Gasteiger partial charge in [0.1, 0.15) is 0 Å². The maximum absolute atomic E-state index is 13.1. The van der Waals surface area contributed by atoms with Gasteiger partial charge in [-0.25, -0.2) is 0 Å². The average molecular weight is 460 g/mol. The molecule has 0 aromatic heterocycles. The summed E-state index contributed by atoms with van der Waals surface area (Å²) in [4.78, 5) is 27.2. The van der Waals surface area contributed by atoms with E-state index in [1.165, 1.54) is 6.08 Å². The van der Waals surface area contributed by atoms with Crippen molar-refractivity contribution in [3.63, 3.8) is 0 Å². The molecule has 2 atom stereocenters. The van der Waals surface area contributed by atoms with E-state index in [1.54, 1.807) is 31.7 Å². The fraction of sp³-hybridized carbons (Fsp3) is 0.286. The van der Waals surface area contributed by atoms with Crippen molar-refractivity contribution in [3.05, 3.63) is 89.4 Å². The van der Waals surface area contributed by atoms with Crippen molar-refractivity contribution in [2.24, 2.45) is 0 Å². The highest BCUT2D eigenvalue weighted by atomic mass is 16.5. The molecule has 0 heterocycles. The molecule has 1 N–H and O–H groups in total. The van der Waals surface area contributed by atoms with Gasteiger partial charge in [-0.15, -0.1) is 0 Å². The van der Waals surface area contributed by atoms with Crippen LogP contribution in [-0.4, -0.2) is 46.6 Å². The van der Waals surface area contributed by atoms with Crippen LogP contribution in [0.1, 0.15) is 31.9 Å². The summed E-state index contributed by atoms with van der Waals surface area (Å²) in [7, 11) is 0. The lowest BCUT2D eigenvalue weighted by Gasteiger charge is -2.34. The maximum atomic E-state index is 13.1. The van der Waals surface area contributed by atoms with E-state index in [9.17, 15) is 14.7 Å².